The van der Waals surface area contributed by atoms with Crippen LogP contribution in [0.15, 0.2) is 24.3 Å². The zero-order valence-corrected chi connectivity index (χ0v) is 14.8. The molecule has 136 valence electrons. The molecule has 0 atom stereocenters. The summed E-state index contributed by atoms with van der Waals surface area (Å²) in [6.07, 6.45) is 3.83. The van der Waals surface area contributed by atoms with Crippen molar-refractivity contribution in [1.82, 2.24) is 0 Å². The van der Waals surface area contributed by atoms with Gasteiger partial charge in [-0.3, -0.25) is 14.4 Å². The van der Waals surface area contributed by atoms with Crippen molar-refractivity contribution >= 4 is 29.2 Å². The fourth-order valence-corrected chi connectivity index (χ4v) is 3.13. The van der Waals surface area contributed by atoms with Crippen LogP contribution in [-0.4, -0.2) is 22.9 Å². The van der Waals surface area contributed by atoms with Crippen LogP contribution >= 0.6 is 0 Å². The highest BCUT2D eigenvalue weighted by Crippen LogP contribution is 2.39. The van der Waals surface area contributed by atoms with Crippen molar-refractivity contribution in [2.24, 2.45) is 11.3 Å². The molecule has 0 unspecified atom stereocenters. The van der Waals surface area contributed by atoms with Gasteiger partial charge in [-0.15, -0.1) is 0 Å². The molecular formula is C19H26N2O4. The van der Waals surface area contributed by atoms with Gasteiger partial charge in [-0.05, 0) is 37.1 Å². The van der Waals surface area contributed by atoms with Gasteiger partial charge in [-0.2, -0.15) is 0 Å². The van der Waals surface area contributed by atoms with Crippen molar-refractivity contribution in [3.05, 3.63) is 24.3 Å². The summed E-state index contributed by atoms with van der Waals surface area (Å²) in [6, 6.07) is 6.82. The summed E-state index contributed by atoms with van der Waals surface area (Å²) in [5, 5.41) is 15.1. The lowest BCUT2D eigenvalue weighted by atomic mass is 9.71. The maximum absolute atomic E-state index is 12.3. The molecule has 0 aromatic heterocycles. The standard InChI is InChI=1S/C19H26N2O4/c1-13(2)17(23)21-15-8-6-14(7-9-15)20-16(22)12-19(18(24)25)10-4-3-5-11-19/h6-9,13H,3-5,10-12H2,1-2H3,(H,20,22)(H,21,23)(H,24,25). The molecular weight excluding hydrogens is 320 g/mol. The monoisotopic (exact) mass is 346 g/mol. The first kappa shape index (κ1) is 19.0. The second kappa shape index (κ2) is 8.14. The summed E-state index contributed by atoms with van der Waals surface area (Å²) in [5.41, 5.74) is 0.308. The zero-order chi connectivity index (χ0) is 18.4. The molecule has 2 amide bonds. The predicted molar refractivity (Wildman–Crippen MR) is 96.3 cm³/mol. The van der Waals surface area contributed by atoms with Gasteiger partial charge in [0.15, 0.2) is 0 Å². The van der Waals surface area contributed by atoms with Crippen molar-refractivity contribution in [1.29, 1.82) is 0 Å². The van der Waals surface area contributed by atoms with E-state index in [1.165, 1.54) is 0 Å². The first-order valence-electron chi connectivity index (χ1n) is 8.76. The van der Waals surface area contributed by atoms with Crippen LogP contribution in [-0.2, 0) is 14.4 Å². The molecule has 1 aliphatic carbocycles. The number of benzene rings is 1. The Morgan fingerprint density at radius 2 is 1.52 bits per heavy atom. The van der Waals surface area contributed by atoms with E-state index < -0.39 is 11.4 Å². The normalized spacial score (nSPS) is 16.3. The summed E-state index contributed by atoms with van der Waals surface area (Å²) < 4.78 is 0. The quantitative estimate of drug-likeness (QED) is 0.733. The Morgan fingerprint density at radius 1 is 1.00 bits per heavy atom. The van der Waals surface area contributed by atoms with E-state index in [9.17, 15) is 19.5 Å². The molecule has 1 aliphatic rings. The third-order valence-corrected chi connectivity index (χ3v) is 4.72. The molecule has 6 heteroatoms. The molecule has 0 saturated heterocycles. The largest absolute Gasteiger partial charge is 0.481 e. The van der Waals surface area contributed by atoms with Crippen LogP contribution in [0.2, 0.25) is 0 Å². The number of carboxylic acid groups (broad SMARTS) is 1. The third-order valence-electron chi connectivity index (χ3n) is 4.72. The molecule has 0 radical (unpaired) electrons. The molecule has 3 N–H and O–H groups in total. The number of nitrogens with one attached hydrogen (secondary N) is 2. The van der Waals surface area contributed by atoms with Gasteiger partial charge in [0.2, 0.25) is 11.8 Å². The lowest BCUT2D eigenvalue weighted by molar-refractivity contribution is -0.153. The van der Waals surface area contributed by atoms with Crippen LogP contribution in [0.5, 0.6) is 0 Å². The van der Waals surface area contributed by atoms with Crippen molar-refractivity contribution in [3.8, 4) is 0 Å². The molecule has 6 nitrogen and oxygen atoms in total. The number of carbonyl (C=O) groups excluding carboxylic acids is 2. The second-order valence-corrected chi connectivity index (χ2v) is 7.09. The number of hydrogen-bond acceptors (Lipinski definition) is 3. The Morgan fingerprint density at radius 3 is 2.00 bits per heavy atom. The molecule has 2 rings (SSSR count). The molecule has 1 aromatic rings. The maximum atomic E-state index is 12.3. The number of amides is 2. The van der Waals surface area contributed by atoms with Gasteiger partial charge in [0.1, 0.15) is 0 Å². The van der Waals surface area contributed by atoms with Gasteiger partial charge >= 0.3 is 5.97 Å². The van der Waals surface area contributed by atoms with Crippen molar-refractivity contribution < 1.29 is 19.5 Å². The Hall–Kier alpha value is -2.37. The van der Waals surface area contributed by atoms with E-state index >= 15 is 0 Å². The van der Waals surface area contributed by atoms with Gasteiger partial charge in [0.25, 0.3) is 0 Å². The maximum Gasteiger partial charge on any atom is 0.310 e. The molecule has 0 spiro atoms. The van der Waals surface area contributed by atoms with E-state index in [1.54, 1.807) is 24.3 Å². The minimum atomic E-state index is -0.937. The van der Waals surface area contributed by atoms with Crippen molar-refractivity contribution in [2.45, 2.75) is 52.4 Å². The smallest absolute Gasteiger partial charge is 0.310 e. The number of hydrogen-bond donors (Lipinski definition) is 3. The van der Waals surface area contributed by atoms with E-state index in [-0.39, 0.29) is 24.2 Å². The third kappa shape index (κ3) is 5.05. The number of carbonyl (C=O) groups is 3. The minimum absolute atomic E-state index is 0.00578. The summed E-state index contributed by atoms with van der Waals surface area (Å²) in [4.78, 5) is 35.6. The summed E-state index contributed by atoms with van der Waals surface area (Å²) in [6.45, 7) is 3.63. The average molecular weight is 346 g/mol. The Labute approximate surface area is 148 Å². The van der Waals surface area contributed by atoms with E-state index in [4.69, 9.17) is 0 Å². The first-order valence-corrected chi connectivity index (χ1v) is 8.76. The number of anilines is 2. The Bertz CT molecular complexity index is 631. The second-order valence-electron chi connectivity index (χ2n) is 7.09. The summed E-state index contributed by atoms with van der Waals surface area (Å²) >= 11 is 0. The highest BCUT2D eigenvalue weighted by atomic mass is 16.4. The van der Waals surface area contributed by atoms with Crippen LogP contribution in [0.4, 0.5) is 11.4 Å². The molecule has 25 heavy (non-hydrogen) atoms. The SMILES string of the molecule is CC(C)C(=O)Nc1ccc(NC(=O)CC2(C(=O)O)CCCCC2)cc1. The van der Waals surface area contributed by atoms with Gasteiger partial charge in [0.05, 0.1) is 5.41 Å². The van der Waals surface area contributed by atoms with Crippen LogP contribution in [0.3, 0.4) is 0 Å². The number of rotatable bonds is 6. The fraction of sp³-hybridized carbons (Fsp3) is 0.526. The predicted octanol–water partition coefficient (Wildman–Crippen LogP) is 3.64. The van der Waals surface area contributed by atoms with Gasteiger partial charge < -0.3 is 15.7 Å². The lowest BCUT2D eigenvalue weighted by Gasteiger charge is -2.32. The van der Waals surface area contributed by atoms with Crippen LogP contribution in [0.25, 0.3) is 0 Å². The zero-order valence-electron chi connectivity index (χ0n) is 14.8. The highest BCUT2D eigenvalue weighted by molar-refractivity contribution is 5.95. The van der Waals surface area contributed by atoms with E-state index in [1.807, 2.05) is 13.8 Å². The highest BCUT2D eigenvalue weighted by Gasteiger charge is 2.41. The molecule has 1 fully saturated rings. The topological polar surface area (TPSA) is 95.5 Å². The average Bonchev–Trinajstić information content (AvgIpc) is 2.57. The van der Waals surface area contributed by atoms with Gasteiger partial charge in [0, 0.05) is 23.7 Å². The van der Waals surface area contributed by atoms with Crippen LogP contribution in [0.1, 0.15) is 52.4 Å². The van der Waals surface area contributed by atoms with Crippen LogP contribution in [0, 0.1) is 11.3 Å². The molecule has 0 aliphatic heterocycles. The van der Waals surface area contributed by atoms with Gasteiger partial charge in [-0.25, -0.2) is 0 Å². The Balaban J connectivity index is 1.96. The lowest BCUT2D eigenvalue weighted by Crippen LogP contribution is -2.37. The van der Waals surface area contributed by atoms with Crippen LogP contribution < -0.4 is 10.6 Å². The van der Waals surface area contributed by atoms with Crippen molar-refractivity contribution in [3.63, 3.8) is 0 Å². The molecule has 1 saturated carbocycles. The first-order chi connectivity index (χ1) is 11.8. The van der Waals surface area contributed by atoms with E-state index in [0.29, 0.717) is 24.2 Å². The van der Waals surface area contributed by atoms with Gasteiger partial charge in [-0.1, -0.05) is 33.1 Å². The molecule has 1 aromatic carbocycles. The molecule has 0 bridgehead atoms. The fourth-order valence-electron chi connectivity index (χ4n) is 3.13. The summed E-state index contributed by atoms with van der Waals surface area (Å²) in [5.74, 6) is -1.35. The van der Waals surface area contributed by atoms with Crippen molar-refractivity contribution in [2.75, 3.05) is 10.6 Å². The van der Waals surface area contributed by atoms with E-state index in [2.05, 4.69) is 10.6 Å². The number of carboxylic acids is 1. The minimum Gasteiger partial charge on any atom is -0.481 e. The summed E-state index contributed by atoms with van der Waals surface area (Å²) in [7, 11) is 0. The Kier molecular flexibility index (Phi) is 6.17. The molecule has 0 heterocycles. The number of aliphatic carboxylic acids is 1. The van der Waals surface area contributed by atoms with E-state index in [0.717, 1.165) is 19.3 Å².